The van der Waals surface area contributed by atoms with Crippen molar-refractivity contribution in [2.75, 3.05) is 0 Å². The second kappa shape index (κ2) is 5.28. The van der Waals surface area contributed by atoms with E-state index in [0.29, 0.717) is 0 Å². The van der Waals surface area contributed by atoms with Crippen LogP contribution >= 0.6 is 0 Å². The quantitative estimate of drug-likeness (QED) is 0.762. The van der Waals surface area contributed by atoms with Crippen LogP contribution in [0.15, 0.2) is 42.5 Å². The third-order valence-corrected chi connectivity index (χ3v) is 3.16. The Morgan fingerprint density at radius 3 is 2.56 bits per heavy atom. The molecule has 1 aromatic carbocycles. The molecule has 0 aliphatic heterocycles. The van der Waals surface area contributed by atoms with Gasteiger partial charge in [-0.05, 0) is 25.3 Å². The molecule has 1 aromatic rings. The molecule has 86 valence electrons. The number of hydrogen-bond donors (Lipinski definition) is 2. The van der Waals surface area contributed by atoms with Crippen LogP contribution in [0.4, 0.5) is 0 Å². The Bertz CT molecular complexity index is 347. The van der Waals surface area contributed by atoms with Gasteiger partial charge in [-0.2, -0.15) is 0 Å². The highest BCUT2D eigenvalue weighted by Crippen LogP contribution is 2.18. The molecule has 0 unspecified atom stereocenters. The fourth-order valence-corrected chi connectivity index (χ4v) is 2.14. The average Bonchev–Trinajstić information content (AvgIpc) is 2.33. The molecule has 2 heteroatoms. The van der Waals surface area contributed by atoms with Gasteiger partial charge < -0.3 is 10.4 Å². The average molecular weight is 217 g/mol. The van der Waals surface area contributed by atoms with Crippen molar-refractivity contribution in [2.24, 2.45) is 0 Å². The highest BCUT2D eigenvalue weighted by atomic mass is 16.3. The van der Waals surface area contributed by atoms with E-state index in [-0.39, 0.29) is 18.2 Å². The van der Waals surface area contributed by atoms with Gasteiger partial charge in [0.25, 0.3) is 0 Å². The number of hydrogen-bond acceptors (Lipinski definition) is 2. The molecule has 1 aliphatic carbocycles. The summed E-state index contributed by atoms with van der Waals surface area (Å²) in [6.07, 6.45) is 5.62. The fraction of sp³-hybridized carbons (Fsp3) is 0.429. The summed E-state index contributed by atoms with van der Waals surface area (Å²) in [7, 11) is 0. The van der Waals surface area contributed by atoms with Crippen molar-refractivity contribution in [3.05, 3.63) is 48.0 Å². The maximum absolute atomic E-state index is 9.85. The summed E-state index contributed by atoms with van der Waals surface area (Å²) < 4.78 is 0. The van der Waals surface area contributed by atoms with E-state index in [0.717, 1.165) is 12.8 Å². The highest BCUT2D eigenvalue weighted by Gasteiger charge is 2.21. The van der Waals surface area contributed by atoms with Crippen molar-refractivity contribution in [1.82, 2.24) is 5.32 Å². The van der Waals surface area contributed by atoms with Gasteiger partial charge in [0, 0.05) is 12.1 Å². The molecule has 0 spiro atoms. The minimum Gasteiger partial charge on any atom is -0.391 e. The normalized spacial score (nSPS) is 26.6. The standard InChI is InChI=1S/C14H19NO/c1-11(12-7-3-2-4-8-12)15-13-9-5-6-10-14(13)16/h2-8,11,13-16H,9-10H2,1H3/t11-,13-,14-/m0/s1. The first kappa shape index (κ1) is 11.4. The lowest BCUT2D eigenvalue weighted by molar-refractivity contribution is 0.120. The molecule has 16 heavy (non-hydrogen) atoms. The number of nitrogens with one attached hydrogen (secondary N) is 1. The zero-order chi connectivity index (χ0) is 11.4. The molecule has 3 atom stereocenters. The zero-order valence-electron chi connectivity index (χ0n) is 9.63. The van der Waals surface area contributed by atoms with E-state index in [1.165, 1.54) is 5.56 Å². The summed E-state index contributed by atoms with van der Waals surface area (Å²) in [6, 6.07) is 10.8. The lowest BCUT2D eigenvalue weighted by Crippen LogP contribution is -2.41. The summed E-state index contributed by atoms with van der Waals surface area (Å²) in [5.41, 5.74) is 1.27. The van der Waals surface area contributed by atoms with Gasteiger partial charge in [0.15, 0.2) is 0 Å². The van der Waals surface area contributed by atoms with E-state index in [4.69, 9.17) is 0 Å². The number of benzene rings is 1. The molecule has 0 radical (unpaired) electrons. The van der Waals surface area contributed by atoms with E-state index in [9.17, 15) is 5.11 Å². The van der Waals surface area contributed by atoms with E-state index in [1.807, 2.05) is 18.2 Å². The van der Waals surface area contributed by atoms with Crippen LogP contribution in [0.25, 0.3) is 0 Å². The van der Waals surface area contributed by atoms with E-state index >= 15 is 0 Å². The molecule has 1 aliphatic rings. The number of rotatable bonds is 3. The molecule has 0 amide bonds. The molecule has 0 fully saturated rings. The third-order valence-electron chi connectivity index (χ3n) is 3.16. The summed E-state index contributed by atoms with van der Waals surface area (Å²) >= 11 is 0. The minimum atomic E-state index is -0.254. The van der Waals surface area contributed by atoms with Gasteiger partial charge in [0.1, 0.15) is 0 Å². The first-order valence-corrected chi connectivity index (χ1v) is 5.91. The predicted molar refractivity (Wildman–Crippen MR) is 66.2 cm³/mol. The molecule has 0 heterocycles. The van der Waals surface area contributed by atoms with Crippen molar-refractivity contribution < 1.29 is 5.11 Å². The van der Waals surface area contributed by atoms with Crippen molar-refractivity contribution in [3.63, 3.8) is 0 Å². The Morgan fingerprint density at radius 2 is 1.88 bits per heavy atom. The number of aliphatic hydroxyl groups excluding tert-OH is 1. The van der Waals surface area contributed by atoms with E-state index < -0.39 is 0 Å². The minimum absolute atomic E-state index is 0.181. The molecule has 0 saturated carbocycles. The van der Waals surface area contributed by atoms with Crippen molar-refractivity contribution in [2.45, 2.75) is 38.0 Å². The Morgan fingerprint density at radius 1 is 1.19 bits per heavy atom. The Hall–Kier alpha value is -1.12. The van der Waals surface area contributed by atoms with Gasteiger partial charge in [0.2, 0.25) is 0 Å². The second-order valence-electron chi connectivity index (χ2n) is 4.42. The first-order chi connectivity index (χ1) is 7.77. The van der Waals surface area contributed by atoms with Crippen LogP contribution in [0, 0.1) is 0 Å². The maximum Gasteiger partial charge on any atom is 0.0730 e. The molecule has 0 saturated heterocycles. The third kappa shape index (κ3) is 2.71. The van der Waals surface area contributed by atoms with Crippen LogP contribution in [0.5, 0.6) is 0 Å². The van der Waals surface area contributed by atoms with Crippen molar-refractivity contribution in [1.29, 1.82) is 0 Å². The van der Waals surface area contributed by atoms with Crippen LogP contribution in [-0.4, -0.2) is 17.3 Å². The van der Waals surface area contributed by atoms with Crippen LogP contribution in [0.3, 0.4) is 0 Å². The van der Waals surface area contributed by atoms with E-state index in [1.54, 1.807) is 0 Å². The molecular formula is C14H19NO. The van der Waals surface area contributed by atoms with Gasteiger partial charge in [0.05, 0.1) is 6.10 Å². The molecule has 2 rings (SSSR count). The Kier molecular flexibility index (Phi) is 3.75. The van der Waals surface area contributed by atoms with Gasteiger partial charge in [-0.3, -0.25) is 0 Å². The molecule has 2 nitrogen and oxygen atoms in total. The summed E-state index contributed by atoms with van der Waals surface area (Å²) in [5.74, 6) is 0. The highest BCUT2D eigenvalue weighted by molar-refractivity contribution is 5.18. The van der Waals surface area contributed by atoms with Gasteiger partial charge >= 0.3 is 0 Å². The fourth-order valence-electron chi connectivity index (χ4n) is 2.14. The largest absolute Gasteiger partial charge is 0.391 e. The predicted octanol–water partition coefficient (Wildman–Crippen LogP) is 2.42. The van der Waals surface area contributed by atoms with Crippen LogP contribution in [0.1, 0.15) is 31.4 Å². The first-order valence-electron chi connectivity index (χ1n) is 5.91. The Balaban J connectivity index is 1.97. The topological polar surface area (TPSA) is 32.3 Å². The van der Waals surface area contributed by atoms with E-state index in [2.05, 4.69) is 36.5 Å². The molecule has 2 N–H and O–H groups in total. The molecular weight excluding hydrogens is 198 g/mol. The Labute approximate surface area is 97.0 Å². The smallest absolute Gasteiger partial charge is 0.0730 e. The summed E-state index contributed by atoms with van der Waals surface area (Å²) in [4.78, 5) is 0. The van der Waals surface area contributed by atoms with Crippen LogP contribution < -0.4 is 5.32 Å². The van der Waals surface area contributed by atoms with Crippen LogP contribution in [0.2, 0.25) is 0 Å². The maximum atomic E-state index is 9.85. The van der Waals surface area contributed by atoms with Gasteiger partial charge in [-0.1, -0.05) is 42.5 Å². The lowest BCUT2D eigenvalue weighted by Gasteiger charge is -2.28. The lowest BCUT2D eigenvalue weighted by atomic mass is 9.97. The van der Waals surface area contributed by atoms with Crippen molar-refractivity contribution >= 4 is 0 Å². The molecule has 0 bridgehead atoms. The summed E-state index contributed by atoms with van der Waals surface area (Å²) in [5, 5.41) is 13.3. The molecule has 0 aromatic heterocycles. The summed E-state index contributed by atoms with van der Waals surface area (Å²) in [6.45, 7) is 2.14. The van der Waals surface area contributed by atoms with Gasteiger partial charge in [-0.15, -0.1) is 0 Å². The monoisotopic (exact) mass is 217 g/mol. The number of aliphatic hydroxyl groups is 1. The zero-order valence-corrected chi connectivity index (χ0v) is 9.63. The second-order valence-corrected chi connectivity index (χ2v) is 4.42. The van der Waals surface area contributed by atoms with Crippen LogP contribution in [-0.2, 0) is 0 Å². The van der Waals surface area contributed by atoms with Crippen molar-refractivity contribution in [3.8, 4) is 0 Å². The van der Waals surface area contributed by atoms with Gasteiger partial charge in [-0.25, -0.2) is 0 Å². The SMILES string of the molecule is C[C@H](N[C@H]1CC=CC[C@@H]1O)c1ccccc1.